The van der Waals surface area contributed by atoms with Gasteiger partial charge in [-0.15, -0.1) is 0 Å². The van der Waals surface area contributed by atoms with Gasteiger partial charge in [-0.2, -0.15) is 4.72 Å². The molecular formula is C18H21Cl2N2O3S+. The zero-order chi connectivity index (χ0) is 18.6. The highest BCUT2D eigenvalue weighted by Crippen LogP contribution is 2.23. The van der Waals surface area contributed by atoms with E-state index in [2.05, 4.69) is 4.72 Å². The van der Waals surface area contributed by atoms with Crippen LogP contribution in [0.5, 0.6) is 0 Å². The molecule has 0 radical (unpaired) electrons. The molecule has 1 aliphatic rings. The van der Waals surface area contributed by atoms with Crippen LogP contribution in [-0.4, -0.2) is 41.3 Å². The predicted octanol–water partition coefficient (Wildman–Crippen LogP) is 1.93. The number of morpholine rings is 1. The van der Waals surface area contributed by atoms with Gasteiger partial charge in [0.15, 0.2) is 0 Å². The van der Waals surface area contributed by atoms with Crippen molar-refractivity contribution in [2.75, 3.05) is 32.8 Å². The quantitative estimate of drug-likeness (QED) is 0.757. The highest BCUT2D eigenvalue weighted by atomic mass is 35.5. The first-order valence-electron chi connectivity index (χ1n) is 8.39. The first-order valence-corrected chi connectivity index (χ1v) is 10.6. The summed E-state index contributed by atoms with van der Waals surface area (Å²) >= 11 is 11.9. The second-order valence-corrected chi connectivity index (χ2v) is 8.84. The van der Waals surface area contributed by atoms with E-state index in [1.165, 1.54) is 23.1 Å². The zero-order valence-corrected chi connectivity index (χ0v) is 16.4. The van der Waals surface area contributed by atoms with Crippen LogP contribution in [0.4, 0.5) is 0 Å². The minimum Gasteiger partial charge on any atom is -0.370 e. The van der Waals surface area contributed by atoms with Crippen LogP contribution >= 0.6 is 23.2 Å². The van der Waals surface area contributed by atoms with Crippen LogP contribution in [0.15, 0.2) is 53.4 Å². The van der Waals surface area contributed by atoms with E-state index in [0.717, 1.165) is 18.7 Å². The van der Waals surface area contributed by atoms with Crippen LogP contribution in [0, 0.1) is 0 Å². The average Bonchev–Trinajstić information content (AvgIpc) is 2.62. The van der Waals surface area contributed by atoms with Gasteiger partial charge in [0.25, 0.3) is 0 Å². The lowest BCUT2D eigenvalue weighted by molar-refractivity contribution is -0.909. The Hall–Kier alpha value is -1.15. The normalized spacial score (nSPS) is 17.2. The van der Waals surface area contributed by atoms with E-state index in [0.29, 0.717) is 19.8 Å². The molecule has 0 saturated carbocycles. The summed E-state index contributed by atoms with van der Waals surface area (Å²) < 4.78 is 34.0. The van der Waals surface area contributed by atoms with Crippen LogP contribution in [0.25, 0.3) is 0 Å². The van der Waals surface area contributed by atoms with Crippen molar-refractivity contribution in [3.05, 3.63) is 64.1 Å². The summed E-state index contributed by atoms with van der Waals surface area (Å²) in [5.41, 5.74) is 0.920. The monoisotopic (exact) mass is 415 g/mol. The number of rotatable bonds is 6. The molecule has 0 unspecified atom stereocenters. The van der Waals surface area contributed by atoms with E-state index in [1.54, 1.807) is 0 Å². The summed E-state index contributed by atoms with van der Waals surface area (Å²) in [6.45, 7) is 3.73. The smallest absolute Gasteiger partial charge is 0.241 e. The molecule has 3 rings (SSSR count). The Morgan fingerprint density at radius 3 is 2.27 bits per heavy atom. The largest absolute Gasteiger partial charge is 0.370 e. The maximum absolute atomic E-state index is 12.9. The van der Waals surface area contributed by atoms with Gasteiger partial charge in [0.2, 0.25) is 10.0 Å². The van der Waals surface area contributed by atoms with Gasteiger partial charge in [-0.1, -0.05) is 53.5 Å². The summed E-state index contributed by atoms with van der Waals surface area (Å²) in [5, 5.41) is 0.570. The van der Waals surface area contributed by atoms with Crippen molar-refractivity contribution in [1.29, 1.82) is 0 Å². The molecule has 0 spiro atoms. The molecule has 26 heavy (non-hydrogen) atoms. The molecular weight excluding hydrogens is 395 g/mol. The number of benzene rings is 2. The van der Waals surface area contributed by atoms with Crippen LogP contribution in [0.2, 0.25) is 10.0 Å². The van der Waals surface area contributed by atoms with Crippen molar-refractivity contribution in [3.8, 4) is 0 Å². The van der Waals surface area contributed by atoms with Gasteiger partial charge in [0.05, 0.1) is 30.7 Å². The second-order valence-electron chi connectivity index (χ2n) is 6.26. The molecule has 5 nitrogen and oxygen atoms in total. The Balaban J connectivity index is 1.86. The van der Waals surface area contributed by atoms with Crippen molar-refractivity contribution in [1.82, 2.24) is 4.72 Å². The Morgan fingerprint density at radius 2 is 1.65 bits per heavy atom. The van der Waals surface area contributed by atoms with Gasteiger partial charge < -0.3 is 9.64 Å². The molecule has 0 aromatic heterocycles. The summed E-state index contributed by atoms with van der Waals surface area (Å²) in [6.07, 6.45) is 0. The van der Waals surface area contributed by atoms with Gasteiger partial charge in [-0.25, -0.2) is 8.42 Å². The van der Waals surface area contributed by atoms with Gasteiger partial charge in [-0.05, 0) is 23.8 Å². The van der Waals surface area contributed by atoms with Crippen molar-refractivity contribution >= 4 is 33.2 Å². The fourth-order valence-electron chi connectivity index (χ4n) is 3.00. The number of halogens is 2. The molecule has 1 atom stereocenters. The van der Waals surface area contributed by atoms with E-state index in [-0.39, 0.29) is 21.0 Å². The molecule has 1 heterocycles. The number of sulfonamides is 1. The van der Waals surface area contributed by atoms with Crippen molar-refractivity contribution in [2.45, 2.75) is 10.9 Å². The Kier molecular flexibility index (Phi) is 6.55. The molecule has 0 aliphatic carbocycles. The second kappa shape index (κ2) is 8.69. The van der Waals surface area contributed by atoms with Gasteiger partial charge in [-0.3, -0.25) is 0 Å². The van der Waals surface area contributed by atoms with E-state index in [1.807, 2.05) is 30.3 Å². The van der Waals surface area contributed by atoms with Gasteiger partial charge >= 0.3 is 0 Å². The maximum Gasteiger partial charge on any atom is 0.241 e. The number of hydrogen-bond donors (Lipinski definition) is 2. The molecule has 1 aliphatic heterocycles. The fraction of sp³-hybridized carbons (Fsp3) is 0.333. The Labute approximate surface area is 163 Å². The lowest BCUT2D eigenvalue weighted by Gasteiger charge is -2.28. The molecule has 1 fully saturated rings. The van der Waals surface area contributed by atoms with Crippen molar-refractivity contribution in [3.63, 3.8) is 0 Å². The number of hydrogen-bond acceptors (Lipinski definition) is 3. The third-order valence-corrected chi connectivity index (χ3v) is 6.23. The predicted molar refractivity (Wildman–Crippen MR) is 102 cm³/mol. The molecule has 8 heteroatoms. The summed E-state index contributed by atoms with van der Waals surface area (Å²) in [5.74, 6) is 0. The summed E-state index contributed by atoms with van der Waals surface area (Å²) in [7, 11) is -3.77. The minimum absolute atomic E-state index is 0.0629. The fourth-order valence-corrected chi connectivity index (χ4v) is 4.95. The van der Waals surface area contributed by atoms with E-state index >= 15 is 0 Å². The third kappa shape index (κ3) is 5.19. The Bertz CT molecular complexity index is 821. The van der Waals surface area contributed by atoms with E-state index in [4.69, 9.17) is 27.9 Å². The van der Waals surface area contributed by atoms with Crippen molar-refractivity contribution in [2.24, 2.45) is 0 Å². The molecule has 1 saturated heterocycles. The molecule has 140 valence electrons. The van der Waals surface area contributed by atoms with E-state index in [9.17, 15) is 8.42 Å². The highest BCUT2D eigenvalue weighted by Gasteiger charge is 2.27. The van der Waals surface area contributed by atoms with E-state index < -0.39 is 10.0 Å². The molecule has 2 aromatic carbocycles. The highest BCUT2D eigenvalue weighted by molar-refractivity contribution is 7.89. The summed E-state index contributed by atoms with van der Waals surface area (Å²) in [4.78, 5) is 1.37. The number of nitrogens with one attached hydrogen (secondary N) is 2. The number of quaternary nitrogens is 1. The lowest BCUT2D eigenvalue weighted by Crippen LogP contribution is -3.14. The topological polar surface area (TPSA) is 59.8 Å². The first kappa shape index (κ1) is 19.6. The van der Waals surface area contributed by atoms with Gasteiger partial charge in [0, 0.05) is 10.0 Å². The summed E-state index contributed by atoms with van der Waals surface area (Å²) in [6, 6.07) is 13.5. The lowest BCUT2D eigenvalue weighted by atomic mass is 10.1. The van der Waals surface area contributed by atoms with Crippen molar-refractivity contribution < 1.29 is 18.1 Å². The minimum atomic E-state index is -3.77. The van der Waals surface area contributed by atoms with Crippen LogP contribution in [0.3, 0.4) is 0 Å². The van der Waals surface area contributed by atoms with Crippen LogP contribution in [-0.2, 0) is 14.8 Å². The van der Waals surface area contributed by atoms with Crippen LogP contribution < -0.4 is 9.62 Å². The number of ether oxygens (including phenoxy) is 1. The third-order valence-electron chi connectivity index (χ3n) is 4.34. The maximum atomic E-state index is 12.9. The Morgan fingerprint density at radius 1 is 1.04 bits per heavy atom. The SMILES string of the molecule is O=S(=O)(N[C@@H](C[NH+]1CCOCC1)c1ccccc1)c1cc(Cl)cc(Cl)c1. The van der Waals surface area contributed by atoms with Crippen LogP contribution in [0.1, 0.15) is 11.6 Å². The molecule has 2 N–H and O–H groups in total. The molecule has 0 amide bonds. The average molecular weight is 416 g/mol. The standard InChI is InChI=1S/C18H20Cl2N2O3S/c19-15-10-16(20)12-17(11-15)26(23,24)21-18(14-4-2-1-3-5-14)13-22-6-8-25-9-7-22/h1-5,10-12,18,21H,6-9,13H2/p+1/t18-/m0/s1. The van der Waals surface area contributed by atoms with Gasteiger partial charge in [0.1, 0.15) is 13.1 Å². The molecule has 2 aromatic rings. The first-order chi connectivity index (χ1) is 12.4. The zero-order valence-electron chi connectivity index (χ0n) is 14.1. The molecule has 0 bridgehead atoms.